The summed E-state index contributed by atoms with van der Waals surface area (Å²) in [7, 11) is 1.32. The van der Waals surface area contributed by atoms with Crippen LogP contribution in [0.2, 0.25) is 0 Å². The molecule has 1 saturated heterocycles. The van der Waals surface area contributed by atoms with E-state index in [-0.39, 0.29) is 24.1 Å². The molecule has 1 aromatic rings. The average molecular weight is 509 g/mol. The molecule has 0 unspecified atom stereocenters. The Morgan fingerprint density at radius 3 is 2.03 bits per heavy atom. The zero-order valence-electron chi connectivity index (χ0n) is 19.3. The van der Waals surface area contributed by atoms with Crippen LogP contribution in [0.15, 0.2) is 18.2 Å². The molecule has 0 atom stereocenters. The third-order valence-electron chi connectivity index (χ3n) is 6.75. The number of nitrogens with one attached hydrogen (secondary N) is 2. The summed E-state index contributed by atoms with van der Waals surface area (Å²) < 4.78 is 83.0. The second-order valence-electron chi connectivity index (χ2n) is 9.33. The molecule has 0 radical (unpaired) electrons. The van der Waals surface area contributed by atoms with Gasteiger partial charge in [0.05, 0.1) is 23.8 Å². The Morgan fingerprint density at radius 1 is 1.00 bits per heavy atom. The summed E-state index contributed by atoms with van der Waals surface area (Å²) in [6, 6.07) is 0.865. The normalized spacial score (nSPS) is 19.4. The molecular weight excluding hydrogens is 480 g/mol. The van der Waals surface area contributed by atoms with Crippen molar-refractivity contribution in [2.75, 3.05) is 33.3 Å². The Morgan fingerprint density at radius 2 is 1.54 bits per heavy atom. The van der Waals surface area contributed by atoms with E-state index < -0.39 is 41.0 Å². The molecule has 2 fully saturated rings. The Hall–Kier alpha value is -2.50. The first-order chi connectivity index (χ1) is 16.3. The lowest BCUT2D eigenvalue weighted by molar-refractivity contribution is -0.143. The molecule has 12 heteroatoms. The van der Waals surface area contributed by atoms with Crippen molar-refractivity contribution in [1.82, 2.24) is 15.5 Å². The van der Waals surface area contributed by atoms with Crippen LogP contribution in [0.5, 0.6) is 0 Å². The average Bonchev–Trinajstić information content (AvgIpc) is 3.24. The molecule has 2 amide bonds. The van der Waals surface area contributed by atoms with Gasteiger partial charge >= 0.3 is 18.4 Å². The molecule has 35 heavy (non-hydrogen) atoms. The molecule has 2 aliphatic rings. The number of piperidine rings is 1. The molecule has 1 saturated carbocycles. The van der Waals surface area contributed by atoms with Gasteiger partial charge in [0.25, 0.3) is 5.91 Å². The first-order valence-electron chi connectivity index (χ1n) is 11.5. The number of ether oxygens (including phenoxy) is 1. The summed E-state index contributed by atoms with van der Waals surface area (Å²) in [5.41, 5.74) is -4.06. The van der Waals surface area contributed by atoms with Gasteiger partial charge in [0.15, 0.2) is 0 Å². The quantitative estimate of drug-likeness (QED) is 0.539. The second kappa shape index (κ2) is 10.6. The number of nitrogens with zero attached hydrogens (tertiary/aromatic N) is 1. The van der Waals surface area contributed by atoms with E-state index in [4.69, 9.17) is 4.74 Å². The topological polar surface area (TPSA) is 70.7 Å². The van der Waals surface area contributed by atoms with E-state index in [1.807, 2.05) is 0 Å². The van der Waals surface area contributed by atoms with E-state index in [1.54, 1.807) is 0 Å². The highest BCUT2D eigenvalue weighted by Crippen LogP contribution is 2.36. The maximum atomic E-state index is 13.0. The smallest absolute Gasteiger partial charge is 0.416 e. The van der Waals surface area contributed by atoms with Crippen LogP contribution in [-0.2, 0) is 17.1 Å². The number of alkyl halides is 6. The second-order valence-corrected chi connectivity index (χ2v) is 9.33. The van der Waals surface area contributed by atoms with Crippen molar-refractivity contribution in [3.8, 4) is 0 Å². The van der Waals surface area contributed by atoms with Crippen LogP contribution in [0.1, 0.15) is 60.0 Å². The third-order valence-corrected chi connectivity index (χ3v) is 6.75. The number of carbonyl (C=O) groups is 2. The van der Waals surface area contributed by atoms with E-state index in [9.17, 15) is 35.9 Å². The van der Waals surface area contributed by atoms with Crippen LogP contribution in [0.25, 0.3) is 0 Å². The van der Waals surface area contributed by atoms with Crippen molar-refractivity contribution in [2.45, 2.75) is 56.4 Å². The zero-order valence-corrected chi connectivity index (χ0v) is 19.3. The Bertz CT molecular complexity index is 872. The van der Waals surface area contributed by atoms with Crippen molar-refractivity contribution in [3.05, 3.63) is 34.9 Å². The number of methoxy groups -OCH3 is 1. The maximum Gasteiger partial charge on any atom is 0.416 e. The van der Waals surface area contributed by atoms with Crippen molar-refractivity contribution in [1.29, 1.82) is 0 Å². The summed E-state index contributed by atoms with van der Waals surface area (Å²) in [6.07, 6.45) is -5.35. The largest absolute Gasteiger partial charge is 0.453 e. The fourth-order valence-electron chi connectivity index (χ4n) is 4.84. The van der Waals surface area contributed by atoms with E-state index in [0.717, 1.165) is 25.7 Å². The molecule has 3 rings (SSSR count). The van der Waals surface area contributed by atoms with Crippen LogP contribution in [0.4, 0.5) is 31.1 Å². The molecule has 1 aliphatic heterocycles. The fraction of sp³-hybridized carbons (Fsp3) is 0.652. The summed E-state index contributed by atoms with van der Waals surface area (Å²) in [4.78, 5) is 26.4. The first-order valence-corrected chi connectivity index (χ1v) is 11.5. The first kappa shape index (κ1) is 27.1. The molecular formula is C23H29F6N3O3. The molecule has 6 nitrogen and oxygen atoms in total. The van der Waals surface area contributed by atoms with Crippen molar-refractivity contribution in [2.24, 2.45) is 5.92 Å². The van der Waals surface area contributed by atoms with Crippen LogP contribution < -0.4 is 10.6 Å². The fourth-order valence-corrected chi connectivity index (χ4v) is 4.84. The van der Waals surface area contributed by atoms with Crippen LogP contribution >= 0.6 is 0 Å². The van der Waals surface area contributed by atoms with Gasteiger partial charge in [0.1, 0.15) is 0 Å². The maximum absolute atomic E-state index is 13.0. The highest BCUT2D eigenvalue weighted by molar-refractivity contribution is 5.94. The van der Waals surface area contributed by atoms with Crippen molar-refractivity contribution in [3.63, 3.8) is 0 Å². The van der Waals surface area contributed by atoms with Gasteiger partial charge in [-0.15, -0.1) is 0 Å². The number of carbonyl (C=O) groups excluding carboxylic acids is 2. The molecule has 1 heterocycles. The third kappa shape index (κ3) is 7.25. The molecule has 1 aliphatic carbocycles. The van der Waals surface area contributed by atoms with Gasteiger partial charge in [0.2, 0.25) is 0 Å². The number of amides is 2. The summed E-state index contributed by atoms with van der Waals surface area (Å²) in [5.74, 6) is -0.938. The minimum Gasteiger partial charge on any atom is -0.453 e. The predicted molar refractivity (Wildman–Crippen MR) is 115 cm³/mol. The highest BCUT2D eigenvalue weighted by Gasteiger charge is 2.39. The molecule has 196 valence electrons. The van der Waals surface area contributed by atoms with E-state index >= 15 is 0 Å². The van der Waals surface area contributed by atoms with E-state index in [0.29, 0.717) is 44.6 Å². The number of hydrogen-bond acceptors (Lipinski definition) is 4. The lowest BCUT2D eigenvalue weighted by Crippen LogP contribution is -2.55. The number of halogens is 6. The lowest BCUT2D eigenvalue weighted by atomic mass is 9.92. The number of hydrogen-bond donors (Lipinski definition) is 2. The summed E-state index contributed by atoms with van der Waals surface area (Å²) in [5, 5.41) is 5.46. The molecule has 1 aromatic carbocycles. The van der Waals surface area contributed by atoms with Gasteiger partial charge in [-0.3, -0.25) is 4.79 Å². The minimum absolute atomic E-state index is 0.00131. The molecule has 0 aromatic heterocycles. The number of benzene rings is 1. The predicted octanol–water partition coefficient (Wildman–Crippen LogP) is 4.83. The standard InChI is InChI=1S/C23H29F6N3O3/c1-35-20(34)31-21(6-2-3-7-21)14-32-8-4-15(5-9-32)13-30-19(33)16-10-17(22(24,25)26)12-18(11-16)23(27,28)29/h10-12,15H,2-9,13-14H2,1H3,(H,30,33)(H,31,34). The lowest BCUT2D eigenvalue weighted by Gasteiger charge is -2.39. The van der Waals surface area contributed by atoms with Gasteiger partial charge in [-0.25, -0.2) is 4.79 Å². The van der Waals surface area contributed by atoms with Crippen LogP contribution in [0.3, 0.4) is 0 Å². The molecule has 0 bridgehead atoms. The monoisotopic (exact) mass is 509 g/mol. The summed E-state index contributed by atoms with van der Waals surface area (Å²) in [6.45, 7) is 2.22. The van der Waals surface area contributed by atoms with Crippen LogP contribution in [0, 0.1) is 5.92 Å². The van der Waals surface area contributed by atoms with Crippen LogP contribution in [-0.4, -0.2) is 55.7 Å². The van der Waals surface area contributed by atoms with Gasteiger partial charge in [0, 0.05) is 18.7 Å². The number of rotatable bonds is 6. The Balaban J connectivity index is 1.55. The zero-order chi connectivity index (χ0) is 25.9. The summed E-state index contributed by atoms with van der Waals surface area (Å²) >= 11 is 0. The SMILES string of the molecule is COC(=O)NC1(CN2CCC(CNC(=O)c3cc(C(F)(F)F)cc(C(F)(F)F)c3)CC2)CCCC1. The highest BCUT2D eigenvalue weighted by atomic mass is 19.4. The minimum atomic E-state index is -5.01. The van der Waals surface area contributed by atoms with E-state index in [1.165, 1.54) is 7.11 Å². The Labute approximate surface area is 199 Å². The van der Waals surface area contributed by atoms with Gasteiger partial charge in [-0.1, -0.05) is 12.8 Å². The van der Waals surface area contributed by atoms with Gasteiger partial charge < -0.3 is 20.3 Å². The van der Waals surface area contributed by atoms with Crippen molar-refractivity contribution >= 4 is 12.0 Å². The molecule has 0 spiro atoms. The molecule has 2 N–H and O–H groups in total. The number of likely N-dealkylation sites (tertiary alicyclic amines) is 1. The van der Waals surface area contributed by atoms with Gasteiger partial charge in [-0.2, -0.15) is 26.3 Å². The Kier molecular flexibility index (Phi) is 8.23. The van der Waals surface area contributed by atoms with E-state index in [2.05, 4.69) is 15.5 Å². The number of alkyl carbamates (subject to hydrolysis) is 1. The van der Waals surface area contributed by atoms with Gasteiger partial charge in [-0.05, 0) is 62.9 Å². The van der Waals surface area contributed by atoms with Crippen molar-refractivity contribution < 1.29 is 40.7 Å².